The number of benzene rings is 6. The molecule has 3 fully saturated rings. The van der Waals surface area contributed by atoms with Crippen LogP contribution in [0, 0.1) is 34.9 Å². The van der Waals surface area contributed by atoms with Crippen LogP contribution in [0.4, 0.5) is 0 Å². The Morgan fingerprint density at radius 2 is 0.533 bits per heavy atom. The molecule has 90 heavy (non-hydrogen) atoms. The number of nitrogens with one attached hydrogen (secondary N) is 4. The van der Waals surface area contributed by atoms with Gasteiger partial charge in [0.15, 0.2) is 0 Å². The molecule has 3 saturated heterocycles. The Morgan fingerprint density at radius 3 is 0.700 bits per heavy atom. The van der Waals surface area contributed by atoms with Crippen molar-refractivity contribution in [3.8, 4) is 0 Å². The predicted octanol–water partition coefficient (Wildman–Crippen LogP) is -2.09. The van der Waals surface area contributed by atoms with Crippen LogP contribution in [0.25, 0.3) is 0 Å². The Bertz CT molecular complexity index is 2390. The average molecular weight is 1630 g/mol. The third kappa shape index (κ3) is 43.0. The smallest absolute Gasteiger partial charge is 1.00 e. The monoisotopic (exact) mass is 1630 g/mol. The number of halogens is 10. The van der Waals surface area contributed by atoms with Crippen LogP contribution in [-0.2, 0) is 61.3 Å². The number of aromatic nitrogens is 2. The molecule has 0 amide bonds. The van der Waals surface area contributed by atoms with E-state index in [0.717, 1.165) is 103 Å². The van der Waals surface area contributed by atoms with Crippen LogP contribution < -0.4 is 103 Å². The van der Waals surface area contributed by atoms with Crippen LogP contribution in [0.3, 0.4) is 0 Å². The fourth-order valence-electron chi connectivity index (χ4n) is 8.21. The topological polar surface area (TPSA) is 120 Å². The van der Waals surface area contributed by atoms with Crippen LogP contribution in [-0.4, -0.2) is 120 Å². The van der Waals surface area contributed by atoms with Gasteiger partial charge in [0.05, 0.1) is 22.1 Å². The molecule has 0 unspecified atom stereocenters. The fraction of sp³-hybridized carbons (Fsp3) is 0.273. The van der Waals surface area contributed by atoms with Crippen molar-refractivity contribution in [2.24, 2.45) is 0 Å². The van der Waals surface area contributed by atoms with E-state index in [-0.39, 0.29) is 99.3 Å². The van der Waals surface area contributed by atoms with Crippen molar-refractivity contribution in [2.75, 3.05) is 99.9 Å². The first-order valence-electron chi connectivity index (χ1n) is 27.3. The molecule has 0 aliphatic carbocycles. The molecule has 2 radical (unpaired) electrons. The minimum Gasteiger partial charge on any atom is -1.00 e. The Morgan fingerprint density at radius 1 is 0.344 bits per heavy atom. The van der Waals surface area contributed by atoms with E-state index in [1.807, 2.05) is 24.5 Å². The predicted molar refractivity (Wildman–Crippen MR) is 352 cm³/mol. The third-order valence-corrected chi connectivity index (χ3v) is 19.1. The number of nitrogens with zero attached hydrogens (tertiary/aromatic N) is 4. The Hall–Kier alpha value is -2.13. The van der Waals surface area contributed by atoms with Gasteiger partial charge in [0.25, 0.3) is 21.6 Å². The molecule has 24 heteroatoms. The number of hydrogen-bond acceptors (Lipinski definition) is 8. The van der Waals surface area contributed by atoms with Gasteiger partial charge in [-0.05, 0) is 71.9 Å². The summed E-state index contributed by atoms with van der Waals surface area (Å²) in [6.07, 6.45) is 3.73. The van der Waals surface area contributed by atoms with Crippen LogP contribution in [0.1, 0.15) is 11.4 Å². The van der Waals surface area contributed by atoms with Crippen molar-refractivity contribution < 1.29 is 119 Å². The number of hydrogen-bond donors (Lipinski definition) is 4. The molecule has 5 heterocycles. The normalized spacial score (nSPS) is 13.0. The summed E-state index contributed by atoms with van der Waals surface area (Å²) in [6, 6.07) is 76.9. The average Bonchev–Trinajstić information content (AvgIpc) is 1.39. The summed E-state index contributed by atoms with van der Waals surface area (Å²) in [6.45, 7) is 23.8. The van der Waals surface area contributed by atoms with Gasteiger partial charge in [0.1, 0.15) is 0 Å². The zero-order valence-corrected chi connectivity index (χ0v) is 62.5. The van der Waals surface area contributed by atoms with Crippen molar-refractivity contribution in [1.82, 2.24) is 41.0 Å². The maximum Gasteiger partial charge on any atom is 1.00 e. The summed E-state index contributed by atoms with van der Waals surface area (Å²) in [5.41, 5.74) is 2.31. The van der Waals surface area contributed by atoms with Crippen molar-refractivity contribution in [3.63, 3.8) is 0 Å². The van der Waals surface area contributed by atoms with Crippen molar-refractivity contribution >= 4 is 94.1 Å². The number of rotatable bonds is 10. The van der Waals surface area contributed by atoms with Gasteiger partial charge in [-0.3, -0.25) is 19.8 Å². The van der Waals surface area contributed by atoms with Gasteiger partial charge in [-0.25, -0.2) is 0 Å². The second-order valence-corrected chi connectivity index (χ2v) is 26.1. The quantitative estimate of drug-likeness (QED) is 0.0406. The molecule has 0 bridgehead atoms. The zero-order chi connectivity index (χ0) is 60.2. The summed E-state index contributed by atoms with van der Waals surface area (Å²) < 4.78 is 15.0. The Balaban J connectivity index is -0.000000501. The van der Waals surface area contributed by atoms with Gasteiger partial charge in [-0.1, -0.05) is 194 Å². The molecule has 0 spiro atoms. The molecule has 0 saturated carbocycles. The molecule has 3 aliphatic heterocycles. The summed E-state index contributed by atoms with van der Waals surface area (Å²) in [5.74, 6) is 0. The molecule has 0 atom stereocenters. The van der Waals surface area contributed by atoms with Gasteiger partial charge in [-0.15, -0.1) is 46.4 Å². The van der Waals surface area contributed by atoms with E-state index in [1.54, 1.807) is 0 Å². The van der Waals surface area contributed by atoms with Gasteiger partial charge >= 0.3 is 72.2 Å². The standard InChI is InChI=1S/2C18H15P.2C12H20N4.C2H4Cl2.2CH2Cl2.2CO.4ClH.2Ru/c2*1-4-10-16(11-5-1)19(17-12-6-2-7-13-17)18-14-8-3-9-15-18;2*1-2-4-15-12(3-1)11-16-9-7-13-5-6-14-8-10-16;1-3-2-4-1;2*2-1-3;2*1-2;;;;;;/h2*1-15H;2*1-4,13-14H,5-11H2;1-2H2;2*1H2;;;4*1H;;/q;;;;+2;;;;;;;;;2*+1/p-4. The van der Waals surface area contributed by atoms with E-state index in [0.29, 0.717) is 0 Å². The Kier molecular flexibility index (Phi) is 70.0. The fourth-order valence-corrected chi connectivity index (χ4v) is 13.4. The number of alkyl halides is 8. The largest absolute Gasteiger partial charge is 1.00 e. The molecule has 490 valence electrons. The minimum atomic E-state index is -0.446. The van der Waals surface area contributed by atoms with E-state index in [9.17, 15) is 0 Å². The first-order chi connectivity index (χ1) is 41.6. The molecular weight excluding hydrogens is 1560 g/mol. The van der Waals surface area contributed by atoms with E-state index in [1.165, 1.54) is 42.5 Å². The van der Waals surface area contributed by atoms with E-state index in [4.69, 9.17) is 55.7 Å². The Labute approximate surface area is 617 Å². The molecule has 2 aromatic heterocycles. The van der Waals surface area contributed by atoms with Crippen LogP contribution in [0.15, 0.2) is 231 Å². The van der Waals surface area contributed by atoms with E-state index < -0.39 is 15.8 Å². The van der Waals surface area contributed by atoms with Crippen LogP contribution in [0.2, 0.25) is 0 Å². The number of pyridine rings is 2. The first-order valence-corrected chi connectivity index (χ1v) is 34.3. The molecule has 4 N–H and O–H groups in total. The molecular formula is C66H78Cl10N8O2P2Ru2. The SMILES string of the molecule is C1[Cl+]C[Cl+]1.ClCCl.ClCCl.[C-]#[O+].[C-]#[O+].[Cl-].[Cl-].[Cl-].[Cl-].[Ru+].[Ru+].c1ccc(CN2CCNCCNCC2)nc1.c1ccc(CN2CCNCCNCC2)nc1.c1ccc(P(c2ccccc2)c2ccccc2)cc1.c1ccc(P(c2ccccc2)c2ccccc2)cc1. The summed E-state index contributed by atoms with van der Waals surface area (Å²) in [4.78, 5) is 13.6. The first kappa shape index (κ1) is 94.3. The molecule has 3 aliphatic rings. The third-order valence-electron chi connectivity index (χ3n) is 12.0. The maximum absolute atomic E-state index is 7.50. The molecule has 11 rings (SSSR count). The van der Waals surface area contributed by atoms with Crippen molar-refractivity contribution in [1.29, 1.82) is 0 Å². The maximum atomic E-state index is 7.50. The second kappa shape index (κ2) is 66.9. The van der Waals surface area contributed by atoms with Crippen LogP contribution >= 0.6 is 62.2 Å². The summed E-state index contributed by atoms with van der Waals surface area (Å²) in [5, 5.41) is 24.9. The van der Waals surface area contributed by atoms with Crippen molar-refractivity contribution in [3.05, 3.63) is 255 Å². The summed E-state index contributed by atoms with van der Waals surface area (Å²) in [7, 11) is 3.77. The molecule has 8 aromatic rings. The zero-order valence-electron chi connectivity index (χ0n) is 49.7. The van der Waals surface area contributed by atoms with Crippen LogP contribution in [0.5, 0.6) is 0 Å². The van der Waals surface area contributed by atoms with Crippen molar-refractivity contribution in [2.45, 2.75) is 13.1 Å². The molecule has 10 nitrogen and oxygen atoms in total. The summed E-state index contributed by atoms with van der Waals surface area (Å²) >= 11 is 19.1. The molecule has 6 aromatic carbocycles. The van der Waals surface area contributed by atoms with Gasteiger partial charge < -0.3 is 70.9 Å². The van der Waals surface area contributed by atoms with Gasteiger partial charge in [0.2, 0.25) is 0 Å². The van der Waals surface area contributed by atoms with E-state index >= 15 is 0 Å². The van der Waals surface area contributed by atoms with Gasteiger partial charge in [-0.2, -0.15) is 0 Å². The van der Waals surface area contributed by atoms with Gasteiger partial charge in [0, 0.05) is 104 Å². The van der Waals surface area contributed by atoms with E-state index in [2.05, 4.69) is 282 Å². The minimum absolute atomic E-state index is 0. The second-order valence-electron chi connectivity index (χ2n) is 17.7.